The topological polar surface area (TPSA) is 63.5 Å². The zero-order chi connectivity index (χ0) is 19.4. The molecule has 154 valence electrons. The molecule has 0 aliphatic heterocycles. The van der Waals surface area contributed by atoms with Crippen molar-refractivity contribution < 1.29 is 4.74 Å². The molecule has 1 unspecified atom stereocenters. The maximum absolute atomic E-state index is 6.11. The minimum Gasteiger partial charge on any atom is -0.496 e. The Bertz CT molecular complexity index is 821. The zero-order valence-corrected chi connectivity index (χ0v) is 19.9. The molecule has 1 atom stereocenters. The van der Waals surface area contributed by atoms with E-state index in [1.165, 1.54) is 11.3 Å². The van der Waals surface area contributed by atoms with E-state index in [-0.39, 0.29) is 24.0 Å². The monoisotopic (exact) mass is 517 g/mol. The molecule has 6 nitrogen and oxygen atoms in total. The fraction of sp³-hybridized carbons (Fsp3) is 0.500. The van der Waals surface area contributed by atoms with Crippen LogP contribution >= 0.6 is 35.6 Å². The lowest BCUT2D eigenvalue weighted by atomic mass is 9.94. The van der Waals surface area contributed by atoms with Crippen molar-refractivity contribution in [2.45, 2.75) is 51.7 Å². The molecule has 28 heavy (non-hydrogen) atoms. The number of fused-ring (bicyclic) bond motifs is 1. The molecule has 0 spiro atoms. The van der Waals surface area contributed by atoms with Crippen LogP contribution < -0.4 is 15.4 Å². The van der Waals surface area contributed by atoms with E-state index >= 15 is 0 Å². The Hall–Kier alpha value is -1.48. The van der Waals surface area contributed by atoms with E-state index in [4.69, 9.17) is 21.4 Å². The minimum atomic E-state index is 0. The van der Waals surface area contributed by atoms with Gasteiger partial charge in [-0.2, -0.15) is 5.10 Å². The largest absolute Gasteiger partial charge is 0.496 e. The number of aromatic nitrogens is 2. The fourth-order valence-corrected chi connectivity index (χ4v) is 3.55. The second-order valence-corrected chi connectivity index (χ2v) is 7.58. The molecule has 1 aromatic heterocycles. The van der Waals surface area contributed by atoms with Gasteiger partial charge >= 0.3 is 0 Å². The summed E-state index contributed by atoms with van der Waals surface area (Å²) in [5, 5.41) is 12.3. The Labute approximate surface area is 189 Å². The normalized spacial score (nSPS) is 16.4. The van der Waals surface area contributed by atoms with Crippen LogP contribution in [0, 0.1) is 0 Å². The molecule has 0 saturated carbocycles. The Morgan fingerprint density at radius 2 is 2.21 bits per heavy atom. The van der Waals surface area contributed by atoms with Gasteiger partial charge in [0.05, 0.1) is 12.8 Å². The SMILES string of the molecule is CN=C(NCc1cc(Cl)ccc1OC)NC1CCc2cn(C(C)C)nc2C1.I. The van der Waals surface area contributed by atoms with Crippen LogP contribution in [0.5, 0.6) is 5.75 Å². The molecular formula is C20H29ClIN5O. The van der Waals surface area contributed by atoms with Crippen molar-refractivity contribution in [3.05, 3.63) is 46.2 Å². The Kier molecular flexibility index (Phi) is 8.42. The Balaban J connectivity index is 0.00000280. The first-order chi connectivity index (χ1) is 13.0. The third-order valence-electron chi connectivity index (χ3n) is 4.88. The Morgan fingerprint density at radius 1 is 1.43 bits per heavy atom. The van der Waals surface area contributed by atoms with Crippen molar-refractivity contribution in [3.63, 3.8) is 0 Å². The standard InChI is InChI=1S/C20H28ClN5O.HI/c1-13(2)26-12-14-5-7-17(10-18(14)25-26)24-20(22-3)23-11-15-9-16(21)6-8-19(15)27-4;/h6,8-9,12-13,17H,5,7,10-11H2,1-4H3,(H2,22,23,24);1H. The summed E-state index contributed by atoms with van der Waals surface area (Å²) in [6, 6.07) is 6.33. The molecular weight excluding hydrogens is 489 g/mol. The molecule has 0 radical (unpaired) electrons. The lowest BCUT2D eigenvalue weighted by Crippen LogP contribution is -2.45. The van der Waals surface area contributed by atoms with Crippen molar-refractivity contribution in [2.24, 2.45) is 4.99 Å². The van der Waals surface area contributed by atoms with Crippen LogP contribution in [-0.2, 0) is 19.4 Å². The van der Waals surface area contributed by atoms with E-state index in [1.807, 2.05) is 18.2 Å². The van der Waals surface area contributed by atoms with Gasteiger partial charge in [-0.1, -0.05) is 11.6 Å². The molecule has 2 aromatic rings. The quantitative estimate of drug-likeness (QED) is 0.358. The average Bonchev–Trinajstić information content (AvgIpc) is 3.09. The minimum absolute atomic E-state index is 0. The molecule has 1 aliphatic carbocycles. The first-order valence-electron chi connectivity index (χ1n) is 9.36. The van der Waals surface area contributed by atoms with Crippen LogP contribution in [0.1, 0.15) is 43.1 Å². The van der Waals surface area contributed by atoms with Gasteiger partial charge in [0.15, 0.2) is 5.96 Å². The molecule has 1 aromatic carbocycles. The summed E-state index contributed by atoms with van der Waals surface area (Å²) in [5.74, 6) is 1.58. The summed E-state index contributed by atoms with van der Waals surface area (Å²) >= 11 is 6.11. The maximum atomic E-state index is 6.11. The first kappa shape index (κ1) is 22.8. The highest BCUT2D eigenvalue weighted by Gasteiger charge is 2.23. The van der Waals surface area contributed by atoms with E-state index in [0.717, 1.165) is 36.5 Å². The number of rotatable bonds is 5. The fourth-order valence-electron chi connectivity index (χ4n) is 3.35. The van der Waals surface area contributed by atoms with Crippen molar-refractivity contribution in [2.75, 3.05) is 14.2 Å². The van der Waals surface area contributed by atoms with Crippen molar-refractivity contribution in [1.82, 2.24) is 20.4 Å². The molecule has 0 bridgehead atoms. The van der Waals surface area contributed by atoms with Crippen LogP contribution in [0.3, 0.4) is 0 Å². The van der Waals surface area contributed by atoms with Gasteiger partial charge in [0, 0.05) is 48.9 Å². The van der Waals surface area contributed by atoms with Gasteiger partial charge in [-0.05, 0) is 50.5 Å². The van der Waals surface area contributed by atoms with Gasteiger partial charge in [-0.25, -0.2) is 0 Å². The number of nitrogens with one attached hydrogen (secondary N) is 2. The Morgan fingerprint density at radius 3 is 2.89 bits per heavy atom. The van der Waals surface area contributed by atoms with E-state index < -0.39 is 0 Å². The number of methoxy groups -OCH3 is 1. The molecule has 3 rings (SSSR count). The van der Waals surface area contributed by atoms with Crippen molar-refractivity contribution in [1.29, 1.82) is 0 Å². The van der Waals surface area contributed by atoms with Crippen molar-refractivity contribution in [3.8, 4) is 5.75 Å². The predicted octanol–water partition coefficient (Wildman–Crippen LogP) is 3.97. The van der Waals surface area contributed by atoms with E-state index in [2.05, 4.69) is 40.4 Å². The lowest BCUT2D eigenvalue weighted by Gasteiger charge is -2.24. The molecule has 1 heterocycles. The molecule has 0 saturated heterocycles. The van der Waals surface area contributed by atoms with Gasteiger partial charge in [0.2, 0.25) is 0 Å². The lowest BCUT2D eigenvalue weighted by molar-refractivity contribution is 0.409. The van der Waals surface area contributed by atoms with Crippen LogP contribution in [0.15, 0.2) is 29.4 Å². The van der Waals surface area contributed by atoms with Gasteiger partial charge in [-0.15, -0.1) is 24.0 Å². The number of hydrogen-bond acceptors (Lipinski definition) is 3. The highest BCUT2D eigenvalue weighted by molar-refractivity contribution is 14.0. The number of hydrogen-bond donors (Lipinski definition) is 2. The summed E-state index contributed by atoms with van der Waals surface area (Å²) in [6.07, 6.45) is 5.21. The van der Waals surface area contributed by atoms with Gasteiger partial charge in [0.1, 0.15) is 5.75 Å². The van der Waals surface area contributed by atoms with Gasteiger partial charge in [-0.3, -0.25) is 9.67 Å². The van der Waals surface area contributed by atoms with E-state index in [0.29, 0.717) is 23.7 Å². The van der Waals surface area contributed by atoms with E-state index in [9.17, 15) is 0 Å². The number of guanidine groups is 1. The smallest absolute Gasteiger partial charge is 0.191 e. The van der Waals surface area contributed by atoms with E-state index in [1.54, 1.807) is 14.2 Å². The zero-order valence-electron chi connectivity index (χ0n) is 16.8. The second-order valence-electron chi connectivity index (χ2n) is 7.14. The van der Waals surface area contributed by atoms with Gasteiger partial charge < -0.3 is 15.4 Å². The number of ether oxygens (including phenoxy) is 1. The third-order valence-corrected chi connectivity index (χ3v) is 5.11. The number of halogens is 2. The molecule has 8 heteroatoms. The van der Waals surface area contributed by atoms with Crippen LogP contribution in [0.4, 0.5) is 0 Å². The summed E-state index contributed by atoms with van der Waals surface area (Å²) in [5.41, 5.74) is 3.56. The molecule has 0 fully saturated rings. The summed E-state index contributed by atoms with van der Waals surface area (Å²) in [6.45, 7) is 4.90. The highest BCUT2D eigenvalue weighted by atomic mass is 127. The molecule has 1 aliphatic rings. The number of nitrogens with zero attached hydrogens (tertiary/aromatic N) is 3. The second kappa shape index (κ2) is 10.3. The third kappa shape index (κ3) is 5.53. The maximum Gasteiger partial charge on any atom is 0.191 e. The summed E-state index contributed by atoms with van der Waals surface area (Å²) in [4.78, 5) is 4.36. The average molecular weight is 518 g/mol. The number of aryl methyl sites for hydroxylation is 1. The number of aliphatic imine (C=N–C) groups is 1. The molecule has 2 N–H and O–H groups in total. The summed E-state index contributed by atoms with van der Waals surface area (Å²) < 4.78 is 7.47. The number of benzene rings is 1. The van der Waals surface area contributed by atoms with Crippen LogP contribution in [-0.4, -0.2) is 35.9 Å². The van der Waals surface area contributed by atoms with Crippen LogP contribution in [0.2, 0.25) is 5.02 Å². The summed E-state index contributed by atoms with van der Waals surface area (Å²) in [7, 11) is 3.45. The predicted molar refractivity (Wildman–Crippen MR) is 125 cm³/mol. The van der Waals surface area contributed by atoms with Gasteiger partial charge in [0.25, 0.3) is 0 Å². The highest BCUT2D eigenvalue weighted by Crippen LogP contribution is 2.23. The van der Waals surface area contributed by atoms with Crippen molar-refractivity contribution >= 4 is 41.5 Å². The first-order valence-corrected chi connectivity index (χ1v) is 9.74. The molecule has 0 amide bonds. The van der Waals surface area contributed by atoms with Crippen LogP contribution in [0.25, 0.3) is 0 Å².